The zero-order valence-corrected chi connectivity index (χ0v) is 10.5. The lowest BCUT2D eigenvalue weighted by Gasteiger charge is -2.27. The van der Waals surface area contributed by atoms with E-state index >= 15 is 0 Å². The second-order valence-corrected chi connectivity index (χ2v) is 4.13. The highest BCUT2D eigenvalue weighted by Gasteiger charge is 2.17. The number of nitrogens with two attached hydrogens (primary N) is 1. The van der Waals surface area contributed by atoms with Crippen LogP contribution in [0.4, 0.5) is 14.5 Å². The lowest BCUT2D eigenvalue weighted by molar-refractivity contribution is 0.152. The third-order valence-corrected chi connectivity index (χ3v) is 2.85. The average molecular weight is 258 g/mol. The van der Waals surface area contributed by atoms with Gasteiger partial charge in [0.25, 0.3) is 6.43 Å². The van der Waals surface area contributed by atoms with E-state index in [1.807, 2.05) is 19.1 Å². The molecular formula is C13H20F2N2O. The van der Waals surface area contributed by atoms with Crippen molar-refractivity contribution in [3.05, 3.63) is 29.8 Å². The van der Waals surface area contributed by atoms with Gasteiger partial charge in [-0.15, -0.1) is 0 Å². The van der Waals surface area contributed by atoms with Gasteiger partial charge in [-0.1, -0.05) is 25.1 Å². The van der Waals surface area contributed by atoms with Crippen LogP contribution < -0.4 is 10.6 Å². The number of nitrogens with zero attached hydrogens (tertiary/aromatic N) is 1. The zero-order valence-electron chi connectivity index (χ0n) is 10.5. The van der Waals surface area contributed by atoms with Crippen molar-refractivity contribution in [3.63, 3.8) is 0 Å². The smallest absolute Gasteiger partial charge is 0.255 e. The lowest BCUT2D eigenvalue weighted by Crippen LogP contribution is -2.33. The minimum Gasteiger partial charge on any atom is -0.395 e. The Labute approximate surface area is 106 Å². The maximum atomic E-state index is 12.6. The second-order valence-electron chi connectivity index (χ2n) is 4.13. The molecule has 3 N–H and O–H groups in total. The van der Waals surface area contributed by atoms with Crippen LogP contribution in [0.25, 0.3) is 0 Å². The van der Waals surface area contributed by atoms with Crippen molar-refractivity contribution in [2.45, 2.75) is 25.8 Å². The molecule has 0 spiro atoms. The van der Waals surface area contributed by atoms with Gasteiger partial charge < -0.3 is 15.7 Å². The first kappa shape index (κ1) is 14.9. The molecule has 5 heteroatoms. The van der Waals surface area contributed by atoms with E-state index in [0.29, 0.717) is 5.69 Å². The van der Waals surface area contributed by atoms with Crippen LogP contribution in [0.1, 0.15) is 24.9 Å². The van der Waals surface area contributed by atoms with E-state index in [-0.39, 0.29) is 19.2 Å². The molecule has 1 aromatic rings. The van der Waals surface area contributed by atoms with Crippen LogP contribution in [0.2, 0.25) is 0 Å². The van der Waals surface area contributed by atoms with E-state index in [1.165, 1.54) is 4.90 Å². The summed E-state index contributed by atoms with van der Waals surface area (Å²) in [7, 11) is 0. The minimum atomic E-state index is -2.44. The third kappa shape index (κ3) is 3.92. The Bertz CT molecular complexity index is 361. The number of hydrogen-bond donors (Lipinski definition) is 2. The number of anilines is 1. The van der Waals surface area contributed by atoms with Crippen molar-refractivity contribution in [1.29, 1.82) is 0 Å². The lowest BCUT2D eigenvalue weighted by atomic mass is 10.0. The van der Waals surface area contributed by atoms with Gasteiger partial charge in [0.15, 0.2) is 0 Å². The fourth-order valence-electron chi connectivity index (χ4n) is 1.91. The average Bonchev–Trinajstić information content (AvgIpc) is 2.37. The van der Waals surface area contributed by atoms with E-state index in [4.69, 9.17) is 10.8 Å². The summed E-state index contributed by atoms with van der Waals surface area (Å²) in [6.07, 6.45) is -1.71. The van der Waals surface area contributed by atoms with Gasteiger partial charge in [0.1, 0.15) is 0 Å². The summed E-state index contributed by atoms with van der Waals surface area (Å²) in [4.78, 5) is 1.48. The van der Waals surface area contributed by atoms with E-state index in [0.717, 1.165) is 12.0 Å². The Balaban J connectivity index is 3.02. The van der Waals surface area contributed by atoms with Crippen molar-refractivity contribution in [2.24, 2.45) is 5.73 Å². The quantitative estimate of drug-likeness (QED) is 0.788. The fourth-order valence-corrected chi connectivity index (χ4v) is 1.91. The SMILES string of the molecule is CC[C@@H](N)c1ccccc1N(CCO)CC(F)F. The molecular weight excluding hydrogens is 238 g/mol. The molecule has 0 amide bonds. The molecule has 0 aliphatic carbocycles. The molecule has 0 radical (unpaired) electrons. The van der Waals surface area contributed by atoms with Gasteiger partial charge in [0.2, 0.25) is 0 Å². The summed E-state index contributed by atoms with van der Waals surface area (Å²) in [5.41, 5.74) is 7.51. The summed E-state index contributed by atoms with van der Waals surface area (Å²) >= 11 is 0. The second kappa shape index (κ2) is 7.28. The van der Waals surface area contributed by atoms with Crippen LogP contribution in [0.15, 0.2) is 24.3 Å². The van der Waals surface area contributed by atoms with Gasteiger partial charge in [0, 0.05) is 18.3 Å². The van der Waals surface area contributed by atoms with Crippen LogP contribution in [-0.2, 0) is 0 Å². The maximum Gasteiger partial charge on any atom is 0.255 e. The Morgan fingerprint density at radius 3 is 2.56 bits per heavy atom. The first-order valence-electron chi connectivity index (χ1n) is 6.08. The van der Waals surface area contributed by atoms with Crippen molar-refractivity contribution in [1.82, 2.24) is 0 Å². The molecule has 1 atom stereocenters. The molecule has 0 fully saturated rings. The topological polar surface area (TPSA) is 49.5 Å². The Kier molecular flexibility index (Phi) is 6.01. The zero-order chi connectivity index (χ0) is 13.5. The molecule has 3 nitrogen and oxygen atoms in total. The van der Waals surface area contributed by atoms with Crippen molar-refractivity contribution < 1.29 is 13.9 Å². The molecule has 0 aromatic heterocycles. The molecule has 102 valence electrons. The summed E-state index contributed by atoms with van der Waals surface area (Å²) in [5, 5.41) is 8.98. The predicted molar refractivity (Wildman–Crippen MR) is 69.0 cm³/mol. The van der Waals surface area contributed by atoms with Crippen molar-refractivity contribution >= 4 is 5.69 Å². The highest BCUT2D eigenvalue weighted by molar-refractivity contribution is 5.55. The largest absolute Gasteiger partial charge is 0.395 e. The maximum absolute atomic E-state index is 12.6. The third-order valence-electron chi connectivity index (χ3n) is 2.85. The first-order valence-corrected chi connectivity index (χ1v) is 6.08. The fraction of sp³-hybridized carbons (Fsp3) is 0.538. The van der Waals surface area contributed by atoms with Crippen LogP contribution in [0.5, 0.6) is 0 Å². The summed E-state index contributed by atoms with van der Waals surface area (Å²) in [6.45, 7) is 1.57. The highest BCUT2D eigenvalue weighted by atomic mass is 19.3. The molecule has 0 saturated heterocycles. The van der Waals surface area contributed by atoms with Gasteiger partial charge >= 0.3 is 0 Å². The number of rotatable bonds is 7. The number of benzene rings is 1. The molecule has 0 bridgehead atoms. The van der Waals surface area contributed by atoms with E-state index < -0.39 is 13.0 Å². The Morgan fingerprint density at radius 2 is 2.00 bits per heavy atom. The number of halogens is 2. The highest BCUT2D eigenvalue weighted by Crippen LogP contribution is 2.27. The van der Waals surface area contributed by atoms with Crippen LogP contribution in [-0.4, -0.2) is 31.2 Å². The standard InChI is InChI=1S/C13H20F2N2O/c1-2-11(16)10-5-3-4-6-12(10)17(7-8-18)9-13(14)15/h3-6,11,13,18H,2,7-9,16H2,1H3/t11-/m1/s1. The Morgan fingerprint density at radius 1 is 1.33 bits per heavy atom. The van der Waals surface area contributed by atoms with Gasteiger partial charge in [-0.25, -0.2) is 8.78 Å². The van der Waals surface area contributed by atoms with Gasteiger partial charge in [-0.3, -0.25) is 0 Å². The molecule has 0 saturated carbocycles. The molecule has 18 heavy (non-hydrogen) atoms. The van der Waals surface area contributed by atoms with Gasteiger partial charge in [-0.2, -0.15) is 0 Å². The monoisotopic (exact) mass is 258 g/mol. The summed E-state index contributed by atoms with van der Waals surface area (Å²) in [5.74, 6) is 0. The number of hydrogen-bond acceptors (Lipinski definition) is 3. The minimum absolute atomic E-state index is 0.164. The van der Waals surface area contributed by atoms with Crippen LogP contribution in [0, 0.1) is 0 Å². The van der Waals surface area contributed by atoms with E-state index in [2.05, 4.69) is 0 Å². The van der Waals surface area contributed by atoms with Crippen molar-refractivity contribution in [2.75, 3.05) is 24.6 Å². The van der Waals surface area contributed by atoms with Crippen LogP contribution in [0.3, 0.4) is 0 Å². The number of alkyl halides is 2. The summed E-state index contributed by atoms with van der Waals surface area (Å²) < 4.78 is 25.1. The number of aliphatic hydroxyl groups is 1. The molecule has 0 heterocycles. The molecule has 1 rings (SSSR count). The Hall–Kier alpha value is -1.20. The number of aliphatic hydroxyl groups excluding tert-OH is 1. The molecule has 0 aliphatic heterocycles. The van der Waals surface area contributed by atoms with Gasteiger partial charge in [0.05, 0.1) is 13.2 Å². The van der Waals surface area contributed by atoms with Gasteiger partial charge in [-0.05, 0) is 18.1 Å². The normalized spacial score (nSPS) is 12.8. The summed E-state index contributed by atoms with van der Waals surface area (Å²) in [6, 6.07) is 7.06. The van der Waals surface area contributed by atoms with E-state index in [1.54, 1.807) is 12.1 Å². The van der Waals surface area contributed by atoms with Crippen molar-refractivity contribution in [3.8, 4) is 0 Å². The van der Waals surface area contributed by atoms with Crippen LogP contribution >= 0.6 is 0 Å². The number of para-hydroxylation sites is 1. The molecule has 0 aliphatic rings. The predicted octanol–water partition coefficient (Wildman–Crippen LogP) is 2.16. The van der Waals surface area contributed by atoms with E-state index in [9.17, 15) is 8.78 Å². The first-order chi connectivity index (χ1) is 8.60. The molecule has 0 unspecified atom stereocenters. The molecule has 1 aromatic carbocycles.